The second-order valence-electron chi connectivity index (χ2n) is 6.99. The van der Waals surface area contributed by atoms with Gasteiger partial charge in [-0.15, -0.1) is 0 Å². The largest absolute Gasteiger partial charge is 0.496 e. The number of ether oxygens (including phenoxy) is 1. The molecule has 21 heavy (non-hydrogen) atoms. The summed E-state index contributed by atoms with van der Waals surface area (Å²) >= 11 is 0. The van der Waals surface area contributed by atoms with Gasteiger partial charge in [0.2, 0.25) is 0 Å². The van der Waals surface area contributed by atoms with E-state index in [2.05, 4.69) is 37.9 Å². The zero-order valence-electron chi connectivity index (χ0n) is 13.6. The Bertz CT molecular complexity index is 503. The van der Waals surface area contributed by atoms with E-state index in [-0.39, 0.29) is 0 Å². The summed E-state index contributed by atoms with van der Waals surface area (Å²) in [6.45, 7) is 4.13. The molecule has 3 nitrogen and oxygen atoms in total. The highest BCUT2D eigenvalue weighted by molar-refractivity contribution is 5.45. The number of methoxy groups -OCH3 is 1. The highest BCUT2D eigenvalue weighted by Gasteiger charge is 2.45. The molecule has 2 fully saturated rings. The topological polar surface area (TPSA) is 32.7 Å². The van der Waals surface area contributed by atoms with Gasteiger partial charge in [0.1, 0.15) is 5.75 Å². The number of aryl methyl sites for hydroxylation is 2. The summed E-state index contributed by atoms with van der Waals surface area (Å²) in [7, 11) is 3.93. The Hall–Kier alpha value is -1.06. The second-order valence-corrected chi connectivity index (χ2v) is 6.99. The maximum absolute atomic E-state index is 11.3. The number of hydrogen-bond donors (Lipinski definition) is 1. The molecule has 2 bridgehead atoms. The SMILES string of the molecule is COc1c(C)cc(C2(O)CC3CCCC(C2)N3C)cc1C. The van der Waals surface area contributed by atoms with E-state index in [0.29, 0.717) is 12.1 Å². The fourth-order valence-electron chi connectivity index (χ4n) is 4.43. The zero-order valence-corrected chi connectivity index (χ0v) is 13.6. The van der Waals surface area contributed by atoms with Gasteiger partial charge in [-0.3, -0.25) is 0 Å². The summed E-state index contributed by atoms with van der Waals surface area (Å²) < 4.78 is 5.45. The number of aliphatic hydroxyl groups is 1. The molecule has 1 aromatic rings. The minimum atomic E-state index is -0.677. The fraction of sp³-hybridized carbons (Fsp3) is 0.667. The molecular formula is C18H27NO2. The van der Waals surface area contributed by atoms with Crippen LogP contribution in [0.15, 0.2) is 12.1 Å². The van der Waals surface area contributed by atoms with E-state index in [1.54, 1.807) is 7.11 Å². The lowest BCUT2D eigenvalue weighted by Crippen LogP contribution is -2.55. The first-order chi connectivity index (χ1) is 9.94. The molecule has 2 atom stereocenters. The number of rotatable bonds is 2. The van der Waals surface area contributed by atoms with Crippen LogP contribution in [0.3, 0.4) is 0 Å². The lowest BCUT2D eigenvalue weighted by Gasteiger charge is -2.51. The summed E-state index contributed by atoms with van der Waals surface area (Å²) in [6.07, 6.45) is 5.43. The summed E-state index contributed by atoms with van der Waals surface area (Å²) in [5, 5.41) is 11.3. The molecule has 2 saturated heterocycles. The Morgan fingerprint density at radius 3 is 2.14 bits per heavy atom. The van der Waals surface area contributed by atoms with Crippen LogP contribution in [0.2, 0.25) is 0 Å². The molecule has 0 radical (unpaired) electrons. The first kappa shape index (κ1) is 14.9. The number of piperidine rings is 2. The van der Waals surface area contributed by atoms with Gasteiger partial charge in [-0.1, -0.05) is 6.42 Å². The number of benzene rings is 1. The van der Waals surface area contributed by atoms with Crippen LogP contribution >= 0.6 is 0 Å². The van der Waals surface area contributed by atoms with Crippen molar-refractivity contribution in [1.29, 1.82) is 0 Å². The van der Waals surface area contributed by atoms with Crippen LogP contribution < -0.4 is 4.74 Å². The Morgan fingerprint density at radius 2 is 1.67 bits per heavy atom. The van der Waals surface area contributed by atoms with E-state index < -0.39 is 5.60 Å². The van der Waals surface area contributed by atoms with Gasteiger partial charge in [-0.25, -0.2) is 0 Å². The van der Waals surface area contributed by atoms with Crippen molar-refractivity contribution >= 4 is 0 Å². The normalized spacial score (nSPS) is 33.0. The molecule has 0 spiro atoms. The van der Waals surface area contributed by atoms with Crippen molar-refractivity contribution < 1.29 is 9.84 Å². The molecule has 116 valence electrons. The third-order valence-corrected chi connectivity index (χ3v) is 5.58. The molecule has 0 aliphatic carbocycles. The quantitative estimate of drug-likeness (QED) is 0.908. The van der Waals surface area contributed by atoms with E-state index >= 15 is 0 Å². The van der Waals surface area contributed by atoms with Crippen LogP contribution in [0.1, 0.15) is 48.8 Å². The van der Waals surface area contributed by atoms with Gasteiger partial charge < -0.3 is 14.7 Å². The first-order valence-corrected chi connectivity index (χ1v) is 8.04. The highest BCUT2D eigenvalue weighted by atomic mass is 16.5. The van der Waals surface area contributed by atoms with Crippen molar-refractivity contribution in [2.75, 3.05) is 14.2 Å². The molecule has 2 aliphatic heterocycles. The Balaban J connectivity index is 1.96. The molecule has 1 N–H and O–H groups in total. The summed E-state index contributed by atoms with van der Waals surface area (Å²) in [5.41, 5.74) is 2.63. The molecule has 2 heterocycles. The van der Waals surface area contributed by atoms with Crippen LogP contribution in [0.4, 0.5) is 0 Å². The molecule has 2 aliphatic rings. The van der Waals surface area contributed by atoms with Crippen molar-refractivity contribution in [2.24, 2.45) is 0 Å². The second kappa shape index (κ2) is 5.29. The van der Waals surface area contributed by atoms with Gasteiger partial charge in [0.25, 0.3) is 0 Å². The maximum Gasteiger partial charge on any atom is 0.124 e. The minimum absolute atomic E-state index is 0.519. The zero-order chi connectivity index (χ0) is 15.2. The number of hydrogen-bond acceptors (Lipinski definition) is 3. The fourth-order valence-corrected chi connectivity index (χ4v) is 4.43. The van der Waals surface area contributed by atoms with Crippen LogP contribution in [0.5, 0.6) is 5.75 Å². The predicted octanol–water partition coefficient (Wildman–Crippen LogP) is 3.15. The molecule has 2 unspecified atom stereocenters. The number of fused-ring (bicyclic) bond motifs is 2. The van der Waals surface area contributed by atoms with Gasteiger partial charge in [-0.05, 0) is 75.4 Å². The van der Waals surface area contributed by atoms with Crippen molar-refractivity contribution in [3.8, 4) is 5.75 Å². The third-order valence-electron chi connectivity index (χ3n) is 5.58. The van der Waals surface area contributed by atoms with Gasteiger partial charge >= 0.3 is 0 Å². The molecule has 1 aromatic carbocycles. The maximum atomic E-state index is 11.3. The molecule has 0 amide bonds. The van der Waals surface area contributed by atoms with E-state index in [1.165, 1.54) is 19.3 Å². The van der Waals surface area contributed by atoms with Crippen LogP contribution in [-0.4, -0.2) is 36.2 Å². The Labute approximate surface area is 127 Å². The van der Waals surface area contributed by atoms with E-state index in [0.717, 1.165) is 35.3 Å². The van der Waals surface area contributed by atoms with Crippen molar-refractivity contribution in [1.82, 2.24) is 4.90 Å². The third kappa shape index (κ3) is 2.47. The minimum Gasteiger partial charge on any atom is -0.496 e. The molecule has 0 saturated carbocycles. The van der Waals surface area contributed by atoms with Crippen molar-refractivity contribution in [2.45, 2.75) is 63.6 Å². The van der Waals surface area contributed by atoms with E-state index in [1.807, 2.05) is 0 Å². The molecule has 3 rings (SSSR count). The van der Waals surface area contributed by atoms with Crippen LogP contribution in [0, 0.1) is 13.8 Å². The Morgan fingerprint density at radius 1 is 1.14 bits per heavy atom. The van der Waals surface area contributed by atoms with Crippen LogP contribution in [0.25, 0.3) is 0 Å². The predicted molar refractivity (Wildman–Crippen MR) is 84.8 cm³/mol. The monoisotopic (exact) mass is 289 g/mol. The molecule has 0 aromatic heterocycles. The summed E-state index contributed by atoms with van der Waals surface area (Å²) in [6, 6.07) is 5.27. The lowest BCUT2D eigenvalue weighted by atomic mass is 9.72. The molecule has 3 heteroatoms. The van der Waals surface area contributed by atoms with Crippen molar-refractivity contribution in [3.05, 3.63) is 28.8 Å². The van der Waals surface area contributed by atoms with E-state index in [4.69, 9.17) is 4.74 Å². The van der Waals surface area contributed by atoms with Crippen LogP contribution in [-0.2, 0) is 5.60 Å². The Kier molecular flexibility index (Phi) is 3.74. The average Bonchev–Trinajstić information content (AvgIpc) is 2.40. The van der Waals surface area contributed by atoms with Gasteiger partial charge in [-0.2, -0.15) is 0 Å². The van der Waals surface area contributed by atoms with Gasteiger partial charge in [0.15, 0.2) is 0 Å². The summed E-state index contributed by atoms with van der Waals surface area (Å²) in [4.78, 5) is 2.49. The highest BCUT2D eigenvalue weighted by Crippen LogP contribution is 2.44. The average molecular weight is 289 g/mol. The first-order valence-electron chi connectivity index (χ1n) is 8.04. The lowest BCUT2D eigenvalue weighted by molar-refractivity contribution is -0.0875. The smallest absolute Gasteiger partial charge is 0.124 e. The number of nitrogens with zero attached hydrogens (tertiary/aromatic N) is 1. The molecular weight excluding hydrogens is 262 g/mol. The van der Waals surface area contributed by atoms with E-state index in [9.17, 15) is 5.11 Å². The van der Waals surface area contributed by atoms with Gasteiger partial charge in [0.05, 0.1) is 12.7 Å². The standard InChI is InChI=1S/C18H27NO2/c1-12-8-14(9-13(2)17(12)21-4)18(20)10-15-6-5-7-16(11-18)19(15)3/h8-9,15-16,20H,5-7,10-11H2,1-4H3. The summed E-state index contributed by atoms with van der Waals surface area (Å²) in [5.74, 6) is 0.940. The van der Waals surface area contributed by atoms with Gasteiger partial charge in [0, 0.05) is 12.1 Å². The van der Waals surface area contributed by atoms with Crippen molar-refractivity contribution in [3.63, 3.8) is 0 Å².